The van der Waals surface area contributed by atoms with Gasteiger partial charge in [-0.1, -0.05) is 0 Å². The first-order chi connectivity index (χ1) is 8.56. The minimum atomic E-state index is -0.214. The van der Waals surface area contributed by atoms with Crippen molar-refractivity contribution in [3.05, 3.63) is 5.82 Å². The summed E-state index contributed by atoms with van der Waals surface area (Å²) in [4.78, 5) is 8.83. The van der Waals surface area contributed by atoms with Gasteiger partial charge in [0.2, 0.25) is 5.13 Å². The van der Waals surface area contributed by atoms with E-state index in [4.69, 9.17) is 0 Å². The number of aromatic nitrogens is 2. The Morgan fingerprint density at radius 2 is 2.33 bits per heavy atom. The van der Waals surface area contributed by atoms with Crippen molar-refractivity contribution in [2.75, 3.05) is 32.1 Å². The Morgan fingerprint density at radius 1 is 1.56 bits per heavy atom. The van der Waals surface area contributed by atoms with Crippen molar-refractivity contribution in [1.82, 2.24) is 14.3 Å². The third kappa shape index (κ3) is 3.40. The van der Waals surface area contributed by atoms with Gasteiger partial charge >= 0.3 is 0 Å². The molecule has 2 rings (SSSR count). The zero-order valence-electron chi connectivity index (χ0n) is 11.3. The summed E-state index contributed by atoms with van der Waals surface area (Å²) in [7, 11) is 3.96. The van der Waals surface area contributed by atoms with Crippen molar-refractivity contribution in [2.24, 2.45) is 5.92 Å². The van der Waals surface area contributed by atoms with E-state index in [1.165, 1.54) is 11.5 Å². The SMILES string of the molecule is CC(O)C1CCCN(Cc2nsc(N(C)C)n2)C1. The molecular formula is C12H22N4OS. The maximum Gasteiger partial charge on any atom is 0.204 e. The molecule has 18 heavy (non-hydrogen) atoms. The second-order valence-electron chi connectivity index (χ2n) is 5.27. The number of piperidine rings is 1. The van der Waals surface area contributed by atoms with Crippen LogP contribution in [0.25, 0.3) is 0 Å². The van der Waals surface area contributed by atoms with Gasteiger partial charge in [-0.2, -0.15) is 4.37 Å². The van der Waals surface area contributed by atoms with Crippen LogP contribution in [-0.2, 0) is 6.54 Å². The van der Waals surface area contributed by atoms with Gasteiger partial charge in [-0.05, 0) is 32.2 Å². The molecule has 0 bridgehead atoms. The number of hydrogen-bond acceptors (Lipinski definition) is 6. The van der Waals surface area contributed by atoms with Gasteiger partial charge in [-0.3, -0.25) is 4.90 Å². The lowest BCUT2D eigenvalue weighted by molar-refractivity contribution is 0.0590. The summed E-state index contributed by atoms with van der Waals surface area (Å²) in [5, 5.41) is 10.6. The summed E-state index contributed by atoms with van der Waals surface area (Å²) >= 11 is 1.44. The summed E-state index contributed by atoms with van der Waals surface area (Å²) in [6.45, 7) is 4.72. The quantitative estimate of drug-likeness (QED) is 0.891. The van der Waals surface area contributed by atoms with Crippen LogP contribution < -0.4 is 4.90 Å². The Bertz CT molecular complexity index is 380. The number of hydrogen-bond donors (Lipinski definition) is 1. The lowest BCUT2D eigenvalue weighted by Gasteiger charge is -2.33. The van der Waals surface area contributed by atoms with Crippen molar-refractivity contribution in [3.8, 4) is 0 Å². The monoisotopic (exact) mass is 270 g/mol. The maximum atomic E-state index is 9.68. The summed E-state index contributed by atoms with van der Waals surface area (Å²) in [6, 6.07) is 0. The predicted octanol–water partition coefficient (Wildman–Crippen LogP) is 1.20. The van der Waals surface area contributed by atoms with Crippen LogP contribution in [0.3, 0.4) is 0 Å². The summed E-state index contributed by atoms with van der Waals surface area (Å²) in [5.74, 6) is 1.29. The molecule has 0 saturated carbocycles. The molecule has 0 spiro atoms. The molecule has 1 saturated heterocycles. The van der Waals surface area contributed by atoms with E-state index in [0.717, 1.165) is 43.4 Å². The normalized spacial score (nSPS) is 23.0. The fraction of sp³-hybridized carbons (Fsp3) is 0.833. The highest BCUT2D eigenvalue weighted by Gasteiger charge is 2.24. The highest BCUT2D eigenvalue weighted by atomic mass is 32.1. The van der Waals surface area contributed by atoms with Gasteiger partial charge in [-0.15, -0.1) is 0 Å². The molecule has 1 aliphatic rings. The van der Waals surface area contributed by atoms with Crippen LogP contribution in [0.2, 0.25) is 0 Å². The zero-order chi connectivity index (χ0) is 13.1. The van der Waals surface area contributed by atoms with E-state index in [-0.39, 0.29) is 6.10 Å². The van der Waals surface area contributed by atoms with Gasteiger partial charge in [0.15, 0.2) is 5.82 Å². The number of rotatable bonds is 4. The Labute approximate surface area is 113 Å². The molecular weight excluding hydrogens is 248 g/mol. The molecule has 0 aliphatic carbocycles. The molecule has 1 aromatic rings. The molecule has 102 valence electrons. The Morgan fingerprint density at radius 3 is 2.94 bits per heavy atom. The molecule has 1 fully saturated rings. The fourth-order valence-corrected chi connectivity index (χ4v) is 2.91. The second kappa shape index (κ2) is 5.95. The average Bonchev–Trinajstić information content (AvgIpc) is 2.78. The van der Waals surface area contributed by atoms with Gasteiger partial charge in [-0.25, -0.2) is 4.98 Å². The van der Waals surface area contributed by atoms with Crippen LogP contribution in [-0.4, -0.2) is 52.7 Å². The van der Waals surface area contributed by atoms with Gasteiger partial charge in [0, 0.05) is 32.2 Å². The summed E-state index contributed by atoms with van der Waals surface area (Å²) in [5.41, 5.74) is 0. The molecule has 2 unspecified atom stereocenters. The number of likely N-dealkylation sites (tertiary alicyclic amines) is 1. The van der Waals surface area contributed by atoms with Gasteiger partial charge in [0.1, 0.15) is 0 Å². The largest absolute Gasteiger partial charge is 0.393 e. The van der Waals surface area contributed by atoms with Crippen LogP contribution in [0.1, 0.15) is 25.6 Å². The average molecular weight is 270 g/mol. The smallest absolute Gasteiger partial charge is 0.204 e. The second-order valence-corrected chi connectivity index (χ2v) is 6.00. The van der Waals surface area contributed by atoms with Crippen molar-refractivity contribution < 1.29 is 5.11 Å². The van der Waals surface area contributed by atoms with Crippen molar-refractivity contribution in [3.63, 3.8) is 0 Å². The van der Waals surface area contributed by atoms with Crippen molar-refractivity contribution in [1.29, 1.82) is 0 Å². The predicted molar refractivity (Wildman–Crippen MR) is 73.9 cm³/mol. The molecule has 2 atom stereocenters. The minimum absolute atomic E-state index is 0.214. The summed E-state index contributed by atoms with van der Waals surface area (Å²) < 4.78 is 4.39. The Hall–Kier alpha value is -0.720. The van der Waals surface area contributed by atoms with Crippen LogP contribution in [0.5, 0.6) is 0 Å². The fourth-order valence-electron chi connectivity index (χ4n) is 2.32. The highest BCUT2D eigenvalue weighted by molar-refractivity contribution is 7.09. The highest BCUT2D eigenvalue weighted by Crippen LogP contribution is 2.22. The Balaban J connectivity index is 1.92. The third-order valence-electron chi connectivity index (χ3n) is 3.43. The lowest BCUT2D eigenvalue weighted by atomic mass is 9.93. The van der Waals surface area contributed by atoms with Crippen LogP contribution in [0.15, 0.2) is 0 Å². The topological polar surface area (TPSA) is 52.5 Å². The molecule has 1 aromatic heterocycles. The van der Waals surface area contributed by atoms with Crippen molar-refractivity contribution >= 4 is 16.7 Å². The number of anilines is 1. The van der Waals surface area contributed by atoms with Crippen LogP contribution in [0, 0.1) is 5.92 Å². The molecule has 0 radical (unpaired) electrons. The third-order valence-corrected chi connectivity index (χ3v) is 4.35. The molecule has 2 heterocycles. The van der Waals surface area contributed by atoms with Crippen molar-refractivity contribution in [2.45, 2.75) is 32.4 Å². The van der Waals surface area contributed by atoms with E-state index in [9.17, 15) is 5.11 Å². The Kier molecular flexibility index (Phi) is 4.53. The zero-order valence-corrected chi connectivity index (χ0v) is 12.2. The standard InChI is InChI=1S/C12H22N4OS/c1-9(17)10-5-4-6-16(7-10)8-11-13-12(15(2)3)18-14-11/h9-10,17H,4-8H2,1-3H3. The minimum Gasteiger partial charge on any atom is -0.393 e. The molecule has 1 aliphatic heterocycles. The van der Waals surface area contributed by atoms with E-state index in [1.807, 2.05) is 25.9 Å². The van der Waals surface area contributed by atoms with E-state index >= 15 is 0 Å². The number of aliphatic hydroxyl groups is 1. The lowest BCUT2D eigenvalue weighted by Crippen LogP contribution is -2.39. The van der Waals surface area contributed by atoms with E-state index in [0.29, 0.717) is 5.92 Å². The van der Waals surface area contributed by atoms with Crippen LogP contribution >= 0.6 is 11.5 Å². The van der Waals surface area contributed by atoms with Gasteiger partial charge < -0.3 is 10.0 Å². The molecule has 1 N–H and O–H groups in total. The first-order valence-corrected chi connectivity index (χ1v) is 7.24. The van der Waals surface area contributed by atoms with Gasteiger partial charge in [0.05, 0.1) is 12.6 Å². The van der Waals surface area contributed by atoms with E-state index in [2.05, 4.69) is 14.3 Å². The molecule has 0 amide bonds. The number of nitrogens with zero attached hydrogens (tertiary/aromatic N) is 4. The maximum absolute atomic E-state index is 9.68. The molecule has 5 nitrogen and oxygen atoms in total. The first kappa shape index (κ1) is 13.7. The van der Waals surface area contributed by atoms with Gasteiger partial charge in [0.25, 0.3) is 0 Å². The van der Waals surface area contributed by atoms with E-state index in [1.54, 1.807) is 0 Å². The number of aliphatic hydroxyl groups excluding tert-OH is 1. The summed E-state index contributed by atoms with van der Waals surface area (Å²) in [6.07, 6.45) is 2.07. The first-order valence-electron chi connectivity index (χ1n) is 6.46. The van der Waals surface area contributed by atoms with Crippen LogP contribution in [0.4, 0.5) is 5.13 Å². The van der Waals surface area contributed by atoms with E-state index < -0.39 is 0 Å². The molecule has 6 heteroatoms. The molecule has 0 aromatic carbocycles.